The number of rotatable bonds is 10. The van der Waals surface area contributed by atoms with Gasteiger partial charge in [-0.1, -0.05) is 24.0 Å². The van der Waals surface area contributed by atoms with Crippen LogP contribution in [0.25, 0.3) is 0 Å². The van der Waals surface area contributed by atoms with Gasteiger partial charge in [0, 0.05) is 47.6 Å². The molecule has 218 valence electrons. The van der Waals surface area contributed by atoms with E-state index < -0.39 is 30.4 Å². The summed E-state index contributed by atoms with van der Waals surface area (Å²) in [7, 11) is 0. The number of aliphatic hydroxyl groups excluding tert-OH is 2. The second-order valence-corrected chi connectivity index (χ2v) is 10.0. The molecule has 0 aromatic heterocycles. The highest BCUT2D eigenvalue weighted by Gasteiger charge is 2.25. The number of ketones is 1. The molecule has 0 unspecified atom stereocenters. The smallest absolute Gasteiger partial charge is 0.251 e. The van der Waals surface area contributed by atoms with Crippen LogP contribution in [-0.2, 0) is 20.7 Å². The number of carbonyl (C=O) groups is 3. The Hall–Kier alpha value is -4.49. The molecule has 1 aliphatic heterocycles. The van der Waals surface area contributed by atoms with E-state index in [2.05, 4.69) is 51.6 Å². The average Bonchev–Trinajstić information content (AvgIpc) is 3.02. The molecule has 1 saturated heterocycles. The molecule has 1 fully saturated rings. The maximum absolute atomic E-state index is 12.5. The van der Waals surface area contributed by atoms with E-state index in [0.717, 1.165) is 37.4 Å². The maximum Gasteiger partial charge on any atom is 0.251 e. The van der Waals surface area contributed by atoms with Gasteiger partial charge in [-0.3, -0.25) is 14.4 Å². The molecule has 4 N–H and O–H groups in total. The molecule has 1 heterocycles. The number of morpholine rings is 1. The van der Waals surface area contributed by atoms with Gasteiger partial charge in [-0.05, 0) is 79.6 Å². The first-order valence-corrected chi connectivity index (χ1v) is 13.9. The van der Waals surface area contributed by atoms with Crippen LogP contribution in [0.2, 0.25) is 0 Å². The van der Waals surface area contributed by atoms with Crippen molar-refractivity contribution in [3.8, 4) is 11.8 Å². The van der Waals surface area contributed by atoms with Gasteiger partial charge < -0.3 is 30.5 Å². The molecule has 1 aliphatic rings. The van der Waals surface area contributed by atoms with Crippen LogP contribution in [0, 0.1) is 11.8 Å². The van der Waals surface area contributed by atoms with E-state index in [1.54, 1.807) is 36.4 Å². The quantitative estimate of drug-likeness (QED) is 0.276. The van der Waals surface area contributed by atoms with Gasteiger partial charge in [0.05, 0.1) is 19.3 Å². The number of hydrogen-bond donors (Lipinski definition) is 4. The number of amides is 2. The number of anilines is 2. The summed E-state index contributed by atoms with van der Waals surface area (Å²) in [6.45, 7) is 3.87. The van der Waals surface area contributed by atoms with Crippen LogP contribution in [0.3, 0.4) is 0 Å². The molecule has 3 aromatic carbocycles. The van der Waals surface area contributed by atoms with Crippen LogP contribution in [0.15, 0.2) is 72.8 Å². The first kappa shape index (κ1) is 30.5. The third-order valence-corrected chi connectivity index (χ3v) is 6.89. The molecule has 0 aliphatic carbocycles. The Morgan fingerprint density at radius 2 is 1.50 bits per heavy atom. The fourth-order valence-electron chi connectivity index (χ4n) is 4.46. The van der Waals surface area contributed by atoms with Crippen LogP contribution >= 0.6 is 0 Å². The normalized spacial score (nSPS) is 14.2. The van der Waals surface area contributed by atoms with Crippen molar-refractivity contribution in [3.63, 3.8) is 0 Å². The third kappa shape index (κ3) is 8.75. The number of Topliss-reactive ketones (excluding diaryl/α,β-unsaturated/α-hetero) is 1. The molecular weight excluding hydrogens is 534 g/mol. The molecule has 2 atom stereocenters. The highest BCUT2D eigenvalue weighted by atomic mass is 16.5. The summed E-state index contributed by atoms with van der Waals surface area (Å²) in [5.74, 6) is 4.82. The summed E-state index contributed by atoms with van der Waals surface area (Å²) in [4.78, 5) is 38.9. The monoisotopic (exact) mass is 569 g/mol. The van der Waals surface area contributed by atoms with Crippen LogP contribution in [0.4, 0.5) is 11.4 Å². The Balaban J connectivity index is 1.25. The number of nitrogens with zero attached hydrogens (tertiary/aromatic N) is 1. The van der Waals surface area contributed by atoms with Crippen LogP contribution in [0.1, 0.15) is 40.4 Å². The minimum atomic E-state index is -1.19. The van der Waals surface area contributed by atoms with Gasteiger partial charge >= 0.3 is 0 Å². The molecular formula is C33H35N3O6. The van der Waals surface area contributed by atoms with Crippen LogP contribution in [-0.4, -0.2) is 72.9 Å². The van der Waals surface area contributed by atoms with E-state index in [-0.39, 0.29) is 5.91 Å². The lowest BCUT2D eigenvalue weighted by atomic mass is 10.1. The summed E-state index contributed by atoms with van der Waals surface area (Å²) in [6.07, 6.45) is -0.104. The van der Waals surface area contributed by atoms with Crippen molar-refractivity contribution in [2.24, 2.45) is 0 Å². The first-order chi connectivity index (χ1) is 20.3. The second kappa shape index (κ2) is 14.9. The maximum atomic E-state index is 12.5. The highest BCUT2D eigenvalue weighted by Crippen LogP contribution is 2.18. The molecule has 0 saturated carbocycles. The Morgan fingerprint density at radius 1 is 0.905 bits per heavy atom. The van der Waals surface area contributed by atoms with Gasteiger partial charge in [0.25, 0.3) is 5.91 Å². The van der Waals surface area contributed by atoms with Crippen molar-refractivity contribution in [1.82, 2.24) is 5.32 Å². The fraction of sp³-hybridized carbons (Fsp3) is 0.303. The van der Waals surface area contributed by atoms with E-state index in [0.29, 0.717) is 29.7 Å². The summed E-state index contributed by atoms with van der Waals surface area (Å²) in [5.41, 5.74) is 4.72. The zero-order valence-corrected chi connectivity index (χ0v) is 23.5. The number of aryl methyl sites for hydroxylation is 1. The van der Waals surface area contributed by atoms with Gasteiger partial charge in [-0.15, -0.1) is 0 Å². The molecule has 0 bridgehead atoms. The number of aliphatic hydroxyl groups is 2. The molecule has 3 aromatic rings. The average molecular weight is 570 g/mol. The zero-order chi connectivity index (χ0) is 29.9. The standard InChI is InChI=1S/C33H35N3O6/c1-23(38)32(30(39)22-37)35-33(41)27-11-4-24(5-12-27)2-3-25-6-13-28(14-7-25)34-31(40)17-10-26-8-15-29(16-9-26)36-18-20-42-21-19-36/h4-9,11-16,23,32,37-38H,10,17-22H2,1H3,(H,34,40)(H,35,41)/t23-,32+/m1/s1. The van der Waals surface area contributed by atoms with E-state index >= 15 is 0 Å². The third-order valence-electron chi connectivity index (χ3n) is 6.89. The van der Waals surface area contributed by atoms with Gasteiger partial charge in [-0.2, -0.15) is 0 Å². The van der Waals surface area contributed by atoms with E-state index in [1.165, 1.54) is 12.6 Å². The largest absolute Gasteiger partial charge is 0.391 e. The van der Waals surface area contributed by atoms with E-state index in [9.17, 15) is 19.5 Å². The minimum Gasteiger partial charge on any atom is -0.391 e. The van der Waals surface area contributed by atoms with Gasteiger partial charge in [0.1, 0.15) is 12.6 Å². The molecule has 4 rings (SSSR count). The van der Waals surface area contributed by atoms with Crippen molar-refractivity contribution < 1.29 is 29.3 Å². The van der Waals surface area contributed by atoms with E-state index in [1.807, 2.05) is 12.1 Å². The first-order valence-electron chi connectivity index (χ1n) is 13.9. The lowest BCUT2D eigenvalue weighted by Gasteiger charge is -2.28. The van der Waals surface area contributed by atoms with Gasteiger partial charge in [0.15, 0.2) is 5.78 Å². The van der Waals surface area contributed by atoms with Gasteiger partial charge in [0.2, 0.25) is 5.91 Å². The fourth-order valence-corrected chi connectivity index (χ4v) is 4.46. The Bertz CT molecular complexity index is 1420. The van der Waals surface area contributed by atoms with Crippen LogP contribution in [0.5, 0.6) is 0 Å². The number of hydrogen-bond acceptors (Lipinski definition) is 7. The van der Waals surface area contributed by atoms with E-state index in [4.69, 9.17) is 9.84 Å². The molecule has 2 amide bonds. The van der Waals surface area contributed by atoms with Crippen molar-refractivity contribution in [3.05, 3.63) is 95.1 Å². The zero-order valence-electron chi connectivity index (χ0n) is 23.5. The van der Waals surface area contributed by atoms with Crippen molar-refractivity contribution in [2.45, 2.75) is 31.9 Å². The Labute approximate surface area is 245 Å². The Kier molecular flexibility index (Phi) is 10.8. The molecule has 9 nitrogen and oxygen atoms in total. The molecule has 0 radical (unpaired) electrons. The molecule has 42 heavy (non-hydrogen) atoms. The summed E-state index contributed by atoms with van der Waals surface area (Å²) >= 11 is 0. The lowest BCUT2D eigenvalue weighted by molar-refractivity contribution is -0.126. The molecule has 0 spiro atoms. The summed E-state index contributed by atoms with van der Waals surface area (Å²) in [6, 6.07) is 20.9. The second-order valence-electron chi connectivity index (χ2n) is 10.0. The number of benzene rings is 3. The highest BCUT2D eigenvalue weighted by molar-refractivity contribution is 5.98. The van der Waals surface area contributed by atoms with Crippen LogP contribution < -0.4 is 15.5 Å². The SMILES string of the molecule is C[C@@H](O)[C@H](NC(=O)c1ccc(C#Cc2ccc(NC(=O)CCc3ccc(N4CCOCC4)cc3)cc2)cc1)C(=O)CO. The topological polar surface area (TPSA) is 128 Å². The predicted octanol–water partition coefficient (Wildman–Crippen LogP) is 2.53. The summed E-state index contributed by atoms with van der Waals surface area (Å²) in [5, 5.41) is 24.1. The van der Waals surface area contributed by atoms with Gasteiger partial charge in [-0.25, -0.2) is 0 Å². The molecule has 9 heteroatoms. The van der Waals surface area contributed by atoms with Crippen molar-refractivity contribution in [1.29, 1.82) is 0 Å². The number of carbonyl (C=O) groups excluding carboxylic acids is 3. The predicted molar refractivity (Wildman–Crippen MR) is 160 cm³/mol. The Morgan fingerprint density at radius 3 is 2.07 bits per heavy atom. The minimum absolute atomic E-state index is 0.0595. The van der Waals surface area contributed by atoms with Crippen molar-refractivity contribution in [2.75, 3.05) is 43.1 Å². The number of nitrogens with one attached hydrogen (secondary N) is 2. The summed E-state index contributed by atoms with van der Waals surface area (Å²) < 4.78 is 5.41. The lowest BCUT2D eigenvalue weighted by Crippen LogP contribution is -2.48. The number of ether oxygens (including phenoxy) is 1. The van der Waals surface area contributed by atoms with Crippen molar-refractivity contribution >= 4 is 29.0 Å².